The minimum Gasteiger partial charge on any atom is -0.372 e. The molecule has 0 saturated carbocycles. The van der Waals surface area contributed by atoms with Crippen molar-refractivity contribution in [2.45, 2.75) is 39.0 Å². The lowest BCUT2D eigenvalue weighted by Crippen LogP contribution is -2.31. The van der Waals surface area contributed by atoms with Crippen molar-refractivity contribution >= 4 is 0 Å². The number of ether oxygens (including phenoxy) is 1. The fourth-order valence-electron chi connectivity index (χ4n) is 2.64. The van der Waals surface area contributed by atoms with Gasteiger partial charge in [-0.25, -0.2) is 0 Å². The maximum absolute atomic E-state index is 5.88. The summed E-state index contributed by atoms with van der Waals surface area (Å²) in [4.78, 5) is 0. The molecule has 1 aliphatic rings. The topological polar surface area (TPSA) is 65.1 Å². The lowest BCUT2D eigenvalue weighted by Gasteiger charge is -2.19. The molecule has 0 bridgehead atoms. The molecule has 0 aromatic carbocycles. The van der Waals surface area contributed by atoms with Crippen LogP contribution in [0.4, 0.5) is 0 Å². The molecule has 0 spiro atoms. The summed E-state index contributed by atoms with van der Waals surface area (Å²) in [5.74, 6) is 0.837. The molecule has 2 atom stereocenters. The molecule has 0 unspecified atom stereocenters. The standard InChI is InChI=1S/C14H20N4O2/c1-9-6-11(17-20-9)7-15-13-4-5-19-14(13)12-8-16-18(3)10(12)2/h6,8,13-15H,4-5,7H2,1-3H3/t13-,14+/m0/s1. The molecule has 1 saturated heterocycles. The SMILES string of the molecule is Cc1cc(CN[C@H]2CCO[C@@H]2c2cnn(C)c2C)no1. The van der Waals surface area contributed by atoms with E-state index in [1.54, 1.807) is 0 Å². The predicted molar refractivity (Wildman–Crippen MR) is 73.1 cm³/mol. The van der Waals surface area contributed by atoms with E-state index in [0.29, 0.717) is 6.54 Å². The van der Waals surface area contributed by atoms with Crippen molar-refractivity contribution in [1.82, 2.24) is 20.3 Å². The monoisotopic (exact) mass is 276 g/mol. The maximum Gasteiger partial charge on any atom is 0.133 e. The Morgan fingerprint density at radius 2 is 2.30 bits per heavy atom. The van der Waals surface area contributed by atoms with Gasteiger partial charge in [0, 0.05) is 43.6 Å². The van der Waals surface area contributed by atoms with Crippen LogP contribution in [0.5, 0.6) is 0 Å². The molecule has 2 aromatic rings. The van der Waals surface area contributed by atoms with Crippen LogP contribution in [0.15, 0.2) is 16.8 Å². The first kappa shape index (κ1) is 13.3. The summed E-state index contributed by atoms with van der Waals surface area (Å²) in [6.45, 7) is 5.44. The second-order valence-corrected chi connectivity index (χ2v) is 5.31. The highest BCUT2D eigenvalue weighted by molar-refractivity contribution is 5.22. The molecule has 3 heterocycles. The Labute approximate surface area is 118 Å². The van der Waals surface area contributed by atoms with E-state index in [1.165, 1.54) is 5.56 Å². The first-order valence-corrected chi connectivity index (χ1v) is 6.91. The smallest absolute Gasteiger partial charge is 0.133 e. The van der Waals surface area contributed by atoms with Crippen molar-refractivity contribution in [2.24, 2.45) is 7.05 Å². The van der Waals surface area contributed by atoms with E-state index in [-0.39, 0.29) is 12.1 Å². The molecule has 0 aliphatic carbocycles. The Hall–Kier alpha value is -1.66. The molecular formula is C14H20N4O2. The molecule has 2 aromatic heterocycles. The number of nitrogens with zero attached hydrogens (tertiary/aromatic N) is 3. The Morgan fingerprint density at radius 1 is 1.45 bits per heavy atom. The minimum absolute atomic E-state index is 0.0664. The van der Waals surface area contributed by atoms with Gasteiger partial charge in [-0.2, -0.15) is 5.10 Å². The number of aromatic nitrogens is 3. The second kappa shape index (κ2) is 5.38. The van der Waals surface area contributed by atoms with Gasteiger partial charge in [0.2, 0.25) is 0 Å². The Kier molecular flexibility index (Phi) is 3.58. The van der Waals surface area contributed by atoms with E-state index >= 15 is 0 Å². The van der Waals surface area contributed by atoms with Crippen LogP contribution in [0.25, 0.3) is 0 Å². The largest absolute Gasteiger partial charge is 0.372 e. The maximum atomic E-state index is 5.88. The van der Waals surface area contributed by atoms with Crippen LogP contribution < -0.4 is 5.32 Å². The summed E-state index contributed by atoms with van der Waals surface area (Å²) in [6, 6.07) is 2.24. The molecule has 1 N–H and O–H groups in total. The predicted octanol–water partition coefficient (Wildman–Crippen LogP) is 1.64. The van der Waals surface area contributed by atoms with E-state index in [1.807, 2.05) is 30.9 Å². The van der Waals surface area contributed by atoms with Crippen LogP contribution in [-0.2, 0) is 18.3 Å². The highest BCUT2D eigenvalue weighted by Gasteiger charge is 2.31. The third-order valence-corrected chi connectivity index (χ3v) is 3.89. The van der Waals surface area contributed by atoms with Crippen molar-refractivity contribution in [3.8, 4) is 0 Å². The molecule has 1 aliphatic heterocycles. The average Bonchev–Trinajstić information content (AvgIpc) is 3.11. The Morgan fingerprint density at radius 3 is 2.95 bits per heavy atom. The van der Waals surface area contributed by atoms with Crippen LogP contribution >= 0.6 is 0 Å². The van der Waals surface area contributed by atoms with Gasteiger partial charge in [0.1, 0.15) is 11.9 Å². The van der Waals surface area contributed by atoms with Crippen LogP contribution in [-0.4, -0.2) is 27.6 Å². The summed E-state index contributed by atoms with van der Waals surface area (Å²) >= 11 is 0. The zero-order valence-corrected chi connectivity index (χ0v) is 12.1. The molecule has 0 radical (unpaired) electrons. The van der Waals surface area contributed by atoms with Crippen molar-refractivity contribution in [3.63, 3.8) is 0 Å². The van der Waals surface area contributed by atoms with E-state index < -0.39 is 0 Å². The van der Waals surface area contributed by atoms with Crippen LogP contribution in [0.2, 0.25) is 0 Å². The van der Waals surface area contributed by atoms with Crippen LogP contribution in [0.3, 0.4) is 0 Å². The molecule has 6 heteroatoms. The van der Waals surface area contributed by atoms with E-state index in [2.05, 4.69) is 22.5 Å². The van der Waals surface area contributed by atoms with Crippen LogP contribution in [0.1, 0.15) is 35.2 Å². The third-order valence-electron chi connectivity index (χ3n) is 3.89. The normalized spacial score (nSPS) is 22.6. The molecule has 20 heavy (non-hydrogen) atoms. The van der Waals surface area contributed by atoms with Gasteiger partial charge in [0.25, 0.3) is 0 Å². The fraction of sp³-hybridized carbons (Fsp3) is 0.571. The molecule has 3 rings (SSSR count). The highest BCUT2D eigenvalue weighted by atomic mass is 16.5. The zero-order valence-electron chi connectivity index (χ0n) is 12.1. The summed E-state index contributed by atoms with van der Waals surface area (Å²) < 4.78 is 12.8. The van der Waals surface area contributed by atoms with Crippen molar-refractivity contribution in [3.05, 3.63) is 35.0 Å². The van der Waals surface area contributed by atoms with Gasteiger partial charge in [-0.15, -0.1) is 0 Å². The molecule has 0 amide bonds. The first-order chi connectivity index (χ1) is 9.65. The second-order valence-electron chi connectivity index (χ2n) is 5.31. The van der Waals surface area contributed by atoms with Gasteiger partial charge in [-0.3, -0.25) is 4.68 Å². The zero-order chi connectivity index (χ0) is 14.1. The molecule has 108 valence electrons. The van der Waals surface area contributed by atoms with Crippen molar-refractivity contribution in [1.29, 1.82) is 0 Å². The van der Waals surface area contributed by atoms with E-state index in [9.17, 15) is 0 Å². The van der Waals surface area contributed by atoms with Crippen LogP contribution in [0, 0.1) is 13.8 Å². The van der Waals surface area contributed by atoms with E-state index in [4.69, 9.17) is 9.26 Å². The molecule has 1 fully saturated rings. The van der Waals surface area contributed by atoms with Gasteiger partial charge in [0.15, 0.2) is 0 Å². The minimum atomic E-state index is 0.0664. The van der Waals surface area contributed by atoms with Gasteiger partial charge in [-0.05, 0) is 20.3 Å². The van der Waals surface area contributed by atoms with Crippen molar-refractivity contribution in [2.75, 3.05) is 6.61 Å². The Bertz CT molecular complexity index is 590. The van der Waals surface area contributed by atoms with E-state index in [0.717, 1.165) is 30.2 Å². The average molecular weight is 276 g/mol. The summed E-state index contributed by atoms with van der Waals surface area (Å²) in [5, 5.41) is 11.8. The molecule has 6 nitrogen and oxygen atoms in total. The number of hydrogen-bond donors (Lipinski definition) is 1. The lowest BCUT2D eigenvalue weighted by atomic mass is 10.0. The fourth-order valence-corrected chi connectivity index (χ4v) is 2.64. The van der Waals surface area contributed by atoms with Gasteiger partial charge in [0.05, 0.1) is 11.9 Å². The van der Waals surface area contributed by atoms with Crippen molar-refractivity contribution < 1.29 is 9.26 Å². The van der Waals surface area contributed by atoms with Gasteiger partial charge in [-0.1, -0.05) is 5.16 Å². The number of hydrogen-bond acceptors (Lipinski definition) is 5. The Balaban J connectivity index is 1.68. The third kappa shape index (κ3) is 2.48. The summed E-state index contributed by atoms with van der Waals surface area (Å²) in [5.41, 5.74) is 3.25. The highest BCUT2D eigenvalue weighted by Crippen LogP contribution is 2.31. The van der Waals surface area contributed by atoms with Gasteiger partial charge >= 0.3 is 0 Å². The van der Waals surface area contributed by atoms with Gasteiger partial charge < -0.3 is 14.6 Å². The first-order valence-electron chi connectivity index (χ1n) is 6.91. The summed E-state index contributed by atoms with van der Waals surface area (Å²) in [7, 11) is 1.95. The summed E-state index contributed by atoms with van der Waals surface area (Å²) in [6.07, 6.45) is 2.97. The number of aryl methyl sites for hydroxylation is 2. The lowest BCUT2D eigenvalue weighted by molar-refractivity contribution is 0.0978. The molecular weight excluding hydrogens is 256 g/mol. The number of nitrogens with one attached hydrogen (secondary N) is 1. The number of rotatable bonds is 4. The quantitative estimate of drug-likeness (QED) is 0.919.